The Morgan fingerprint density at radius 1 is 1.33 bits per heavy atom. The summed E-state index contributed by atoms with van der Waals surface area (Å²) < 4.78 is 38.5. The van der Waals surface area contributed by atoms with E-state index in [4.69, 9.17) is 5.73 Å². The number of alkyl halides is 3. The molecule has 18 heavy (non-hydrogen) atoms. The third kappa shape index (κ3) is 4.26. The zero-order chi connectivity index (χ0) is 13.8. The van der Waals surface area contributed by atoms with Gasteiger partial charge in [-0.3, -0.25) is 4.90 Å². The number of hydrogen-bond acceptors (Lipinski definition) is 2. The molecule has 2 N–H and O–H groups in total. The molecule has 0 spiro atoms. The first kappa shape index (κ1) is 15.5. The van der Waals surface area contributed by atoms with Crippen molar-refractivity contribution < 1.29 is 13.2 Å². The lowest BCUT2D eigenvalue weighted by Gasteiger charge is -2.21. The van der Waals surface area contributed by atoms with Gasteiger partial charge < -0.3 is 5.73 Å². The Balaban J connectivity index is 2.93. The van der Waals surface area contributed by atoms with Crippen molar-refractivity contribution in [3.05, 3.63) is 33.8 Å². The molecule has 2 nitrogen and oxygen atoms in total. The van der Waals surface area contributed by atoms with Crippen LogP contribution in [-0.4, -0.2) is 24.5 Å². The molecular formula is C12H16BrF3N2. The van der Waals surface area contributed by atoms with Crippen LogP contribution in [0.2, 0.25) is 0 Å². The topological polar surface area (TPSA) is 29.3 Å². The summed E-state index contributed by atoms with van der Waals surface area (Å²) in [7, 11) is 0. The number of benzene rings is 1. The lowest BCUT2D eigenvalue weighted by molar-refractivity contribution is -0.137. The average Bonchev–Trinajstić information content (AvgIpc) is 2.29. The van der Waals surface area contributed by atoms with E-state index in [0.717, 1.165) is 12.6 Å². The molecule has 0 radical (unpaired) electrons. The molecule has 0 aliphatic rings. The van der Waals surface area contributed by atoms with E-state index in [0.29, 0.717) is 29.7 Å². The molecule has 1 aromatic carbocycles. The number of hydrogen-bond donors (Lipinski definition) is 1. The van der Waals surface area contributed by atoms with Gasteiger partial charge in [0.15, 0.2) is 0 Å². The maximum Gasteiger partial charge on any atom is 0.416 e. The maximum atomic E-state index is 12.6. The first-order valence-electron chi connectivity index (χ1n) is 5.66. The highest BCUT2D eigenvalue weighted by Crippen LogP contribution is 2.32. The smallest absolute Gasteiger partial charge is 0.329 e. The molecule has 0 aliphatic carbocycles. The second-order valence-electron chi connectivity index (χ2n) is 3.96. The van der Waals surface area contributed by atoms with E-state index in [1.165, 1.54) is 12.1 Å². The number of nitrogens with two attached hydrogens (primary N) is 1. The van der Waals surface area contributed by atoms with Gasteiger partial charge in [0.05, 0.1) is 5.56 Å². The Labute approximate surface area is 113 Å². The zero-order valence-corrected chi connectivity index (χ0v) is 11.7. The summed E-state index contributed by atoms with van der Waals surface area (Å²) in [6.07, 6.45) is -4.31. The van der Waals surface area contributed by atoms with Crippen LogP contribution in [0.25, 0.3) is 0 Å². The van der Waals surface area contributed by atoms with E-state index < -0.39 is 11.7 Å². The second kappa shape index (κ2) is 6.54. The van der Waals surface area contributed by atoms with Crippen LogP contribution in [0, 0.1) is 0 Å². The summed E-state index contributed by atoms with van der Waals surface area (Å²) in [4.78, 5) is 2.00. The van der Waals surface area contributed by atoms with Crippen LogP contribution >= 0.6 is 15.9 Å². The fourth-order valence-electron chi connectivity index (χ4n) is 1.64. The van der Waals surface area contributed by atoms with Gasteiger partial charge in [0.25, 0.3) is 0 Å². The van der Waals surface area contributed by atoms with Gasteiger partial charge in [0.1, 0.15) is 0 Å². The normalized spacial score (nSPS) is 12.2. The molecule has 0 saturated heterocycles. The second-order valence-corrected chi connectivity index (χ2v) is 4.82. The first-order valence-corrected chi connectivity index (χ1v) is 6.45. The lowest BCUT2D eigenvalue weighted by Crippen LogP contribution is -2.29. The Hall–Kier alpha value is -0.590. The fraction of sp³-hybridized carbons (Fsp3) is 0.500. The molecule has 0 aromatic heterocycles. The summed E-state index contributed by atoms with van der Waals surface area (Å²) in [6, 6.07) is 3.70. The Morgan fingerprint density at radius 3 is 2.50 bits per heavy atom. The Bertz CT molecular complexity index is 393. The number of rotatable bonds is 5. The highest BCUT2D eigenvalue weighted by atomic mass is 79.9. The largest absolute Gasteiger partial charge is 0.416 e. The van der Waals surface area contributed by atoms with Gasteiger partial charge in [0, 0.05) is 24.1 Å². The molecule has 0 heterocycles. The van der Waals surface area contributed by atoms with Crippen LogP contribution in [0.4, 0.5) is 13.2 Å². The third-order valence-corrected chi connectivity index (χ3v) is 3.43. The van der Waals surface area contributed by atoms with E-state index in [-0.39, 0.29) is 0 Å². The van der Waals surface area contributed by atoms with Gasteiger partial charge in [-0.2, -0.15) is 13.2 Å². The van der Waals surface area contributed by atoms with Gasteiger partial charge in [-0.1, -0.05) is 22.9 Å². The minimum atomic E-state index is -4.31. The molecular weight excluding hydrogens is 309 g/mol. The first-order chi connectivity index (χ1) is 8.38. The third-order valence-electron chi connectivity index (χ3n) is 2.66. The predicted molar refractivity (Wildman–Crippen MR) is 69.1 cm³/mol. The number of likely N-dealkylation sites (N-methyl/N-ethyl adjacent to an activating group) is 1. The highest BCUT2D eigenvalue weighted by Gasteiger charge is 2.30. The molecule has 6 heteroatoms. The standard InChI is InChI=1S/C12H16BrF3N2/c1-2-18(6-5-17)8-9-7-10(12(14,15)16)3-4-11(9)13/h3-4,7H,2,5-6,8,17H2,1H3. The summed E-state index contributed by atoms with van der Waals surface area (Å²) >= 11 is 3.28. The van der Waals surface area contributed by atoms with Crippen molar-refractivity contribution >= 4 is 15.9 Å². The molecule has 0 saturated carbocycles. The van der Waals surface area contributed by atoms with E-state index >= 15 is 0 Å². The van der Waals surface area contributed by atoms with Crippen molar-refractivity contribution in [3.8, 4) is 0 Å². The van der Waals surface area contributed by atoms with Gasteiger partial charge in [-0.15, -0.1) is 0 Å². The van der Waals surface area contributed by atoms with Crippen molar-refractivity contribution in [2.45, 2.75) is 19.6 Å². The van der Waals surface area contributed by atoms with Crippen LogP contribution in [0.15, 0.2) is 22.7 Å². The minimum absolute atomic E-state index is 0.457. The molecule has 102 valence electrons. The number of nitrogens with zero attached hydrogens (tertiary/aromatic N) is 1. The van der Waals surface area contributed by atoms with Crippen molar-refractivity contribution in [1.29, 1.82) is 0 Å². The Kier molecular flexibility index (Phi) is 5.62. The van der Waals surface area contributed by atoms with Crippen molar-refractivity contribution in [2.24, 2.45) is 5.73 Å². The van der Waals surface area contributed by atoms with Gasteiger partial charge >= 0.3 is 6.18 Å². The van der Waals surface area contributed by atoms with Crippen LogP contribution < -0.4 is 5.73 Å². The molecule has 1 aromatic rings. The van der Waals surface area contributed by atoms with Gasteiger partial charge in [0.2, 0.25) is 0 Å². The SMILES string of the molecule is CCN(CCN)Cc1cc(C(F)(F)F)ccc1Br. The van der Waals surface area contributed by atoms with Crippen LogP contribution in [0.1, 0.15) is 18.1 Å². The Morgan fingerprint density at radius 2 is 2.00 bits per heavy atom. The van der Waals surface area contributed by atoms with Gasteiger partial charge in [-0.05, 0) is 30.3 Å². The summed E-state index contributed by atoms with van der Waals surface area (Å²) in [5.41, 5.74) is 5.47. The molecule has 0 amide bonds. The summed E-state index contributed by atoms with van der Waals surface area (Å²) in [5, 5.41) is 0. The van der Waals surface area contributed by atoms with E-state index in [2.05, 4.69) is 15.9 Å². The van der Waals surface area contributed by atoms with Crippen LogP contribution in [0.5, 0.6) is 0 Å². The molecule has 0 aliphatic heterocycles. The monoisotopic (exact) mass is 324 g/mol. The van der Waals surface area contributed by atoms with E-state index in [1.54, 1.807) is 0 Å². The highest BCUT2D eigenvalue weighted by molar-refractivity contribution is 9.10. The fourth-order valence-corrected chi connectivity index (χ4v) is 2.02. The zero-order valence-electron chi connectivity index (χ0n) is 10.1. The molecule has 0 unspecified atom stereocenters. The minimum Gasteiger partial charge on any atom is -0.329 e. The van der Waals surface area contributed by atoms with E-state index in [1.807, 2.05) is 11.8 Å². The van der Waals surface area contributed by atoms with Crippen molar-refractivity contribution in [2.75, 3.05) is 19.6 Å². The van der Waals surface area contributed by atoms with Crippen LogP contribution in [0.3, 0.4) is 0 Å². The quantitative estimate of drug-likeness (QED) is 0.900. The summed E-state index contributed by atoms with van der Waals surface area (Å²) in [6.45, 7) is 4.32. The number of halogens is 4. The molecule has 0 bridgehead atoms. The van der Waals surface area contributed by atoms with Gasteiger partial charge in [-0.25, -0.2) is 0 Å². The maximum absolute atomic E-state index is 12.6. The van der Waals surface area contributed by atoms with E-state index in [9.17, 15) is 13.2 Å². The van der Waals surface area contributed by atoms with Crippen LogP contribution in [-0.2, 0) is 12.7 Å². The van der Waals surface area contributed by atoms with Crippen molar-refractivity contribution in [1.82, 2.24) is 4.90 Å². The molecule has 0 fully saturated rings. The molecule has 1 rings (SSSR count). The van der Waals surface area contributed by atoms with Crippen molar-refractivity contribution in [3.63, 3.8) is 0 Å². The average molecular weight is 325 g/mol. The summed E-state index contributed by atoms with van der Waals surface area (Å²) in [5.74, 6) is 0. The predicted octanol–water partition coefficient (Wildman–Crippen LogP) is 3.25. The molecule has 0 atom stereocenters. The lowest BCUT2D eigenvalue weighted by atomic mass is 10.1.